The Morgan fingerprint density at radius 1 is 0.967 bits per heavy atom. The molecule has 2 N–H and O–H groups in total. The van der Waals surface area contributed by atoms with Gasteiger partial charge >= 0.3 is 5.97 Å². The van der Waals surface area contributed by atoms with Gasteiger partial charge in [0, 0.05) is 18.3 Å². The largest absolute Gasteiger partial charge is 0.497 e. The zero-order chi connectivity index (χ0) is 21.9. The van der Waals surface area contributed by atoms with Gasteiger partial charge in [-0.25, -0.2) is 4.79 Å². The maximum Gasteiger partial charge on any atom is 0.337 e. The van der Waals surface area contributed by atoms with Gasteiger partial charge in [0.25, 0.3) is 0 Å². The van der Waals surface area contributed by atoms with Crippen molar-refractivity contribution in [3.8, 4) is 5.75 Å². The van der Waals surface area contributed by atoms with Crippen molar-refractivity contribution in [3.63, 3.8) is 0 Å². The third-order valence-electron chi connectivity index (χ3n) is 4.40. The molecule has 0 bridgehead atoms. The number of methoxy groups -OCH3 is 2. The van der Waals surface area contributed by atoms with Gasteiger partial charge in [0.2, 0.25) is 11.8 Å². The highest BCUT2D eigenvalue weighted by molar-refractivity contribution is 5.93. The van der Waals surface area contributed by atoms with Gasteiger partial charge in [-0.3, -0.25) is 14.5 Å². The molecule has 0 heterocycles. The van der Waals surface area contributed by atoms with Crippen molar-refractivity contribution in [2.45, 2.75) is 13.5 Å². The van der Waals surface area contributed by atoms with Crippen LogP contribution in [0.4, 0.5) is 5.69 Å². The number of likely N-dealkylation sites (N-methyl/N-ethyl adjacent to an activating group) is 1. The van der Waals surface area contributed by atoms with Crippen LogP contribution in [0.5, 0.6) is 5.75 Å². The number of carbonyl (C=O) groups is 3. The van der Waals surface area contributed by atoms with E-state index in [1.807, 2.05) is 6.92 Å². The standard InChI is InChI=1S/C22H27N3O5/c1-4-25(15-21(27)24-18-6-5-7-19(12-18)29-2)14-20(26)23-13-16-8-10-17(11-9-16)22(28)30-3/h5-12H,4,13-15H2,1-3H3,(H,23,26)(H,24,27). The lowest BCUT2D eigenvalue weighted by molar-refractivity contribution is -0.123. The number of carbonyl (C=O) groups excluding carboxylic acids is 3. The Morgan fingerprint density at radius 3 is 2.30 bits per heavy atom. The molecule has 0 spiro atoms. The van der Waals surface area contributed by atoms with Crippen molar-refractivity contribution in [2.75, 3.05) is 39.2 Å². The number of benzene rings is 2. The first-order valence-corrected chi connectivity index (χ1v) is 9.55. The molecule has 0 aliphatic heterocycles. The fourth-order valence-electron chi connectivity index (χ4n) is 2.72. The fourth-order valence-corrected chi connectivity index (χ4v) is 2.72. The highest BCUT2D eigenvalue weighted by atomic mass is 16.5. The number of hydrogen-bond acceptors (Lipinski definition) is 6. The highest BCUT2D eigenvalue weighted by Gasteiger charge is 2.14. The molecule has 0 aromatic heterocycles. The molecule has 0 aliphatic carbocycles. The van der Waals surface area contributed by atoms with Crippen molar-refractivity contribution in [1.29, 1.82) is 0 Å². The number of anilines is 1. The summed E-state index contributed by atoms with van der Waals surface area (Å²) in [5, 5.41) is 5.62. The molecule has 0 saturated carbocycles. The number of ether oxygens (including phenoxy) is 2. The Bertz CT molecular complexity index is 867. The van der Waals surface area contributed by atoms with Gasteiger partial charge in [-0.15, -0.1) is 0 Å². The molecule has 2 aromatic carbocycles. The van der Waals surface area contributed by atoms with Gasteiger partial charge < -0.3 is 20.1 Å². The van der Waals surface area contributed by atoms with Crippen LogP contribution in [0.15, 0.2) is 48.5 Å². The lowest BCUT2D eigenvalue weighted by Crippen LogP contribution is -2.40. The van der Waals surface area contributed by atoms with Crippen LogP contribution in [0.2, 0.25) is 0 Å². The zero-order valence-corrected chi connectivity index (χ0v) is 17.4. The molecule has 0 fully saturated rings. The molecule has 2 aromatic rings. The minimum atomic E-state index is -0.406. The Morgan fingerprint density at radius 2 is 1.67 bits per heavy atom. The van der Waals surface area contributed by atoms with E-state index in [-0.39, 0.29) is 24.9 Å². The van der Waals surface area contributed by atoms with Gasteiger partial charge in [0.1, 0.15) is 5.75 Å². The first-order valence-electron chi connectivity index (χ1n) is 9.55. The molecule has 160 valence electrons. The Hall–Kier alpha value is -3.39. The van der Waals surface area contributed by atoms with Gasteiger partial charge in [-0.2, -0.15) is 0 Å². The van der Waals surface area contributed by atoms with E-state index in [0.29, 0.717) is 30.1 Å². The van der Waals surface area contributed by atoms with Gasteiger partial charge in [-0.05, 0) is 36.4 Å². The lowest BCUT2D eigenvalue weighted by atomic mass is 10.1. The number of esters is 1. The molecule has 0 atom stereocenters. The average Bonchev–Trinajstić information content (AvgIpc) is 2.77. The third-order valence-corrected chi connectivity index (χ3v) is 4.40. The molecule has 8 nitrogen and oxygen atoms in total. The van der Waals surface area contributed by atoms with Crippen LogP contribution >= 0.6 is 0 Å². The summed E-state index contributed by atoms with van der Waals surface area (Å²) in [7, 11) is 2.89. The first kappa shape index (κ1) is 22.9. The van der Waals surface area contributed by atoms with Crippen molar-refractivity contribution in [2.24, 2.45) is 0 Å². The second-order valence-electron chi connectivity index (χ2n) is 6.55. The summed E-state index contributed by atoms with van der Waals surface area (Å²) in [5.74, 6) is -0.157. The summed E-state index contributed by atoms with van der Waals surface area (Å²) in [5.41, 5.74) is 1.94. The van der Waals surface area contributed by atoms with Crippen molar-refractivity contribution < 1.29 is 23.9 Å². The van der Waals surface area contributed by atoms with Crippen LogP contribution in [0.25, 0.3) is 0 Å². The highest BCUT2D eigenvalue weighted by Crippen LogP contribution is 2.16. The molecular weight excluding hydrogens is 386 g/mol. The van der Waals surface area contributed by atoms with Crippen LogP contribution in [0.1, 0.15) is 22.8 Å². The number of hydrogen-bond donors (Lipinski definition) is 2. The van der Waals surface area contributed by atoms with Crippen LogP contribution in [-0.2, 0) is 20.9 Å². The first-order chi connectivity index (χ1) is 14.4. The SMILES string of the molecule is CCN(CC(=O)NCc1ccc(C(=O)OC)cc1)CC(=O)Nc1cccc(OC)c1. The van der Waals surface area contributed by atoms with E-state index in [1.165, 1.54) is 7.11 Å². The number of rotatable bonds is 10. The number of amides is 2. The fraction of sp³-hybridized carbons (Fsp3) is 0.318. The van der Waals surface area contributed by atoms with E-state index in [1.54, 1.807) is 60.5 Å². The van der Waals surface area contributed by atoms with E-state index in [2.05, 4.69) is 15.4 Å². The second kappa shape index (κ2) is 11.6. The number of nitrogens with zero attached hydrogens (tertiary/aromatic N) is 1. The van der Waals surface area contributed by atoms with Crippen LogP contribution < -0.4 is 15.4 Å². The molecule has 0 aliphatic rings. The van der Waals surface area contributed by atoms with E-state index < -0.39 is 5.97 Å². The molecule has 2 rings (SSSR count). The minimum absolute atomic E-state index is 0.0922. The molecule has 0 unspecified atom stereocenters. The Labute approximate surface area is 176 Å². The summed E-state index contributed by atoms with van der Waals surface area (Å²) in [6.45, 7) is 2.95. The van der Waals surface area contributed by atoms with Gasteiger partial charge in [0.15, 0.2) is 0 Å². The predicted molar refractivity (Wildman–Crippen MR) is 113 cm³/mol. The van der Waals surface area contributed by atoms with Crippen LogP contribution in [0, 0.1) is 0 Å². The lowest BCUT2D eigenvalue weighted by Gasteiger charge is -2.19. The summed E-state index contributed by atoms with van der Waals surface area (Å²) in [6, 6.07) is 13.9. The summed E-state index contributed by atoms with van der Waals surface area (Å²) >= 11 is 0. The summed E-state index contributed by atoms with van der Waals surface area (Å²) < 4.78 is 9.80. The van der Waals surface area contributed by atoms with Crippen LogP contribution in [-0.4, -0.2) is 56.5 Å². The van der Waals surface area contributed by atoms with Crippen LogP contribution in [0.3, 0.4) is 0 Å². The summed E-state index contributed by atoms with van der Waals surface area (Å²) in [6.07, 6.45) is 0. The zero-order valence-electron chi connectivity index (χ0n) is 17.4. The van der Waals surface area contributed by atoms with E-state index in [4.69, 9.17) is 4.74 Å². The topological polar surface area (TPSA) is 97.0 Å². The average molecular weight is 413 g/mol. The predicted octanol–water partition coefficient (Wildman–Crippen LogP) is 2.06. The minimum Gasteiger partial charge on any atom is -0.497 e. The van der Waals surface area contributed by atoms with Gasteiger partial charge in [-0.1, -0.05) is 25.1 Å². The normalized spacial score (nSPS) is 10.4. The molecule has 8 heteroatoms. The smallest absolute Gasteiger partial charge is 0.337 e. The Kier molecular flexibility index (Phi) is 8.83. The quantitative estimate of drug-likeness (QED) is 0.579. The van der Waals surface area contributed by atoms with E-state index >= 15 is 0 Å². The van der Waals surface area contributed by atoms with Crippen molar-refractivity contribution in [1.82, 2.24) is 10.2 Å². The van der Waals surface area contributed by atoms with Gasteiger partial charge in [0.05, 0.1) is 32.9 Å². The monoisotopic (exact) mass is 413 g/mol. The Balaban J connectivity index is 1.80. The summed E-state index contributed by atoms with van der Waals surface area (Å²) in [4.78, 5) is 37.7. The maximum atomic E-state index is 12.3. The molecule has 0 saturated heterocycles. The molecular formula is C22H27N3O5. The maximum absolute atomic E-state index is 12.3. The van der Waals surface area contributed by atoms with E-state index in [9.17, 15) is 14.4 Å². The molecule has 30 heavy (non-hydrogen) atoms. The third kappa shape index (κ3) is 7.21. The second-order valence-corrected chi connectivity index (χ2v) is 6.55. The molecule has 0 radical (unpaired) electrons. The van der Waals surface area contributed by atoms with E-state index in [0.717, 1.165) is 5.56 Å². The number of nitrogens with one attached hydrogen (secondary N) is 2. The molecule has 2 amide bonds. The van der Waals surface area contributed by atoms with Crippen molar-refractivity contribution >= 4 is 23.5 Å². The van der Waals surface area contributed by atoms with Crippen molar-refractivity contribution in [3.05, 3.63) is 59.7 Å².